The summed E-state index contributed by atoms with van der Waals surface area (Å²) in [4.78, 5) is 21.9. The van der Waals surface area contributed by atoms with Gasteiger partial charge in [0.1, 0.15) is 0 Å². The number of aromatic nitrogens is 1. The van der Waals surface area contributed by atoms with Crippen molar-refractivity contribution in [2.45, 2.75) is 26.4 Å². The summed E-state index contributed by atoms with van der Waals surface area (Å²) in [7, 11) is 0. The van der Waals surface area contributed by atoms with Crippen molar-refractivity contribution in [3.05, 3.63) is 35.9 Å². The Bertz CT molecular complexity index is 614. The molecule has 0 aliphatic carbocycles. The second-order valence-corrected chi connectivity index (χ2v) is 6.20. The molecule has 0 unspecified atom stereocenters. The van der Waals surface area contributed by atoms with E-state index in [0.29, 0.717) is 35.4 Å². The highest BCUT2D eigenvalue weighted by Crippen LogP contribution is 2.22. The van der Waals surface area contributed by atoms with Gasteiger partial charge in [-0.25, -0.2) is 0 Å². The number of pyridine rings is 1. The second-order valence-electron chi connectivity index (χ2n) is 5.09. The molecule has 1 rings (SSSR count). The summed E-state index contributed by atoms with van der Waals surface area (Å²) < 4.78 is 36.4. The van der Waals surface area contributed by atoms with Crippen LogP contribution in [0.25, 0.3) is 0 Å². The van der Waals surface area contributed by atoms with Gasteiger partial charge in [-0.3, -0.25) is 14.8 Å². The van der Waals surface area contributed by atoms with Crippen molar-refractivity contribution in [2.75, 3.05) is 18.1 Å². The third kappa shape index (κ3) is 8.06. The topological polar surface area (TPSA) is 71.6 Å². The number of alkyl halides is 3. The maximum absolute atomic E-state index is 12.3. The summed E-state index contributed by atoms with van der Waals surface area (Å²) in [6.07, 6.45) is 0.409. The highest BCUT2D eigenvalue weighted by Gasteiger charge is 2.27. The Morgan fingerprint density at radius 1 is 1.48 bits per heavy atom. The fraction of sp³-hybridized carbons (Fsp3) is 0.438. The van der Waals surface area contributed by atoms with Crippen molar-refractivity contribution >= 4 is 29.6 Å². The van der Waals surface area contributed by atoms with Crippen molar-refractivity contribution < 1.29 is 18.0 Å². The van der Waals surface area contributed by atoms with Crippen LogP contribution in [0.1, 0.15) is 20.3 Å². The maximum Gasteiger partial charge on any atom is 0.397 e. The number of carbonyl (C=O) groups excluding carboxylic acids is 1. The van der Waals surface area contributed by atoms with Crippen LogP contribution in [0.3, 0.4) is 0 Å². The molecule has 0 atom stereocenters. The molecule has 0 bridgehead atoms. The fourth-order valence-corrected chi connectivity index (χ4v) is 2.61. The number of carbonyl (C=O) groups is 1. The zero-order valence-corrected chi connectivity index (χ0v) is 14.9. The third-order valence-electron chi connectivity index (χ3n) is 3.02. The monoisotopic (exact) mass is 374 g/mol. The van der Waals surface area contributed by atoms with Gasteiger partial charge < -0.3 is 10.6 Å². The van der Waals surface area contributed by atoms with Crippen LogP contribution in [0.5, 0.6) is 0 Å². The van der Waals surface area contributed by atoms with E-state index in [4.69, 9.17) is 5.73 Å². The molecular weight excluding hydrogens is 353 g/mol. The van der Waals surface area contributed by atoms with Crippen LogP contribution in [-0.2, 0) is 4.79 Å². The fourth-order valence-electron chi connectivity index (χ4n) is 1.91. The van der Waals surface area contributed by atoms with E-state index in [1.807, 2.05) is 0 Å². The number of hydrogen-bond acceptors (Lipinski definition) is 5. The lowest BCUT2D eigenvalue weighted by molar-refractivity contribution is -0.128. The summed E-state index contributed by atoms with van der Waals surface area (Å²) in [6.45, 7) is 3.74. The van der Waals surface area contributed by atoms with Crippen molar-refractivity contribution in [1.82, 2.24) is 9.88 Å². The largest absolute Gasteiger partial charge is 0.401 e. The summed E-state index contributed by atoms with van der Waals surface area (Å²) in [5.41, 5.74) is 7.28. The lowest BCUT2D eigenvalue weighted by Gasteiger charge is -2.23. The predicted octanol–water partition coefficient (Wildman–Crippen LogP) is 3.51. The standard InChI is InChI=1S/C16H21F3N4OS/c1-3-23(15(24)6-8-25-11-16(17,18)19)14(12(2)20)10-22-13-5-4-7-21-9-13/h4-5,7,9-10H,3,6,8,11,20H2,1-2H3. The Labute approximate surface area is 149 Å². The Hall–Kier alpha value is -2.03. The zero-order valence-electron chi connectivity index (χ0n) is 14.1. The lowest BCUT2D eigenvalue weighted by Crippen LogP contribution is -2.33. The number of allylic oxidation sites excluding steroid dienone is 2. The first-order valence-corrected chi connectivity index (χ1v) is 8.75. The molecule has 0 aromatic carbocycles. The number of nitrogens with zero attached hydrogens (tertiary/aromatic N) is 3. The van der Waals surface area contributed by atoms with E-state index < -0.39 is 11.9 Å². The summed E-state index contributed by atoms with van der Waals surface area (Å²) in [6, 6.07) is 3.48. The Kier molecular flexibility index (Phi) is 8.47. The van der Waals surface area contributed by atoms with Crippen LogP contribution >= 0.6 is 11.8 Å². The van der Waals surface area contributed by atoms with Gasteiger partial charge >= 0.3 is 6.18 Å². The van der Waals surface area contributed by atoms with Crippen molar-refractivity contribution in [3.8, 4) is 0 Å². The molecule has 0 aliphatic heterocycles. The summed E-state index contributed by atoms with van der Waals surface area (Å²) >= 11 is 0.685. The van der Waals surface area contributed by atoms with Gasteiger partial charge in [-0.1, -0.05) is 0 Å². The van der Waals surface area contributed by atoms with Gasteiger partial charge in [-0.15, -0.1) is 0 Å². The minimum absolute atomic E-state index is 0.00784. The van der Waals surface area contributed by atoms with E-state index in [0.717, 1.165) is 0 Å². The van der Waals surface area contributed by atoms with Crippen molar-refractivity contribution in [2.24, 2.45) is 10.7 Å². The second kappa shape index (κ2) is 10.1. The van der Waals surface area contributed by atoms with Crippen molar-refractivity contribution in [1.29, 1.82) is 0 Å². The molecule has 1 aromatic heterocycles. The van der Waals surface area contributed by atoms with E-state index in [9.17, 15) is 18.0 Å². The van der Waals surface area contributed by atoms with Crippen LogP contribution in [0.15, 0.2) is 40.9 Å². The molecule has 1 heterocycles. The van der Waals surface area contributed by atoms with Gasteiger partial charge in [0.2, 0.25) is 5.91 Å². The number of rotatable bonds is 8. The van der Waals surface area contributed by atoms with Crippen LogP contribution in [0.4, 0.5) is 18.9 Å². The van der Waals surface area contributed by atoms with Gasteiger partial charge in [0.25, 0.3) is 0 Å². The number of halogens is 3. The molecule has 2 N–H and O–H groups in total. The lowest BCUT2D eigenvalue weighted by atomic mass is 10.2. The molecule has 5 nitrogen and oxygen atoms in total. The van der Waals surface area contributed by atoms with E-state index in [1.165, 1.54) is 11.1 Å². The quantitative estimate of drug-likeness (QED) is 0.558. The number of amides is 1. The molecule has 9 heteroatoms. The Morgan fingerprint density at radius 2 is 2.20 bits per heavy atom. The average molecular weight is 374 g/mol. The van der Waals surface area contributed by atoms with Crippen LogP contribution < -0.4 is 5.73 Å². The summed E-state index contributed by atoms with van der Waals surface area (Å²) in [5, 5.41) is 0. The molecule has 1 aromatic rings. The van der Waals surface area contributed by atoms with Gasteiger partial charge in [-0.05, 0) is 26.0 Å². The molecule has 25 heavy (non-hydrogen) atoms. The molecule has 1 amide bonds. The number of nitrogens with two attached hydrogens (primary N) is 1. The normalized spacial score (nSPS) is 13.0. The predicted molar refractivity (Wildman–Crippen MR) is 94.7 cm³/mol. The van der Waals surface area contributed by atoms with E-state index in [1.54, 1.807) is 38.4 Å². The molecular formula is C16H21F3N4OS. The van der Waals surface area contributed by atoms with Crippen molar-refractivity contribution in [3.63, 3.8) is 0 Å². The molecule has 0 spiro atoms. The number of thioether (sulfide) groups is 1. The van der Waals surface area contributed by atoms with Crippen LogP contribution in [-0.4, -0.2) is 46.2 Å². The van der Waals surface area contributed by atoms with Crippen LogP contribution in [0.2, 0.25) is 0 Å². The zero-order chi connectivity index (χ0) is 18.9. The summed E-state index contributed by atoms with van der Waals surface area (Å²) in [5.74, 6) is -1.17. The Morgan fingerprint density at radius 3 is 2.72 bits per heavy atom. The SMILES string of the molecule is CCN(C(=O)CCSCC(F)(F)F)C(C=Nc1cccnc1)=C(C)N. The van der Waals surface area contributed by atoms with E-state index in [-0.39, 0.29) is 18.1 Å². The average Bonchev–Trinajstić information content (AvgIpc) is 2.55. The highest BCUT2D eigenvalue weighted by atomic mass is 32.2. The van der Waals surface area contributed by atoms with Gasteiger partial charge in [0, 0.05) is 30.6 Å². The first kappa shape index (κ1) is 21.0. The van der Waals surface area contributed by atoms with Crippen LogP contribution in [0, 0.1) is 0 Å². The minimum atomic E-state index is -4.23. The maximum atomic E-state index is 12.3. The van der Waals surface area contributed by atoms with E-state index in [2.05, 4.69) is 9.98 Å². The molecule has 0 radical (unpaired) electrons. The molecule has 0 saturated heterocycles. The van der Waals surface area contributed by atoms with Gasteiger partial charge in [0.15, 0.2) is 0 Å². The first-order chi connectivity index (χ1) is 11.7. The molecule has 0 aliphatic rings. The number of hydrogen-bond donors (Lipinski definition) is 1. The van der Waals surface area contributed by atoms with Gasteiger partial charge in [0.05, 0.1) is 29.5 Å². The molecule has 0 fully saturated rings. The first-order valence-electron chi connectivity index (χ1n) is 7.60. The molecule has 138 valence electrons. The highest BCUT2D eigenvalue weighted by molar-refractivity contribution is 7.99. The van der Waals surface area contributed by atoms with Gasteiger partial charge in [-0.2, -0.15) is 24.9 Å². The molecule has 0 saturated carbocycles. The smallest absolute Gasteiger partial charge is 0.397 e. The third-order valence-corrected chi connectivity index (χ3v) is 4.04. The Balaban J connectivity index is 2.74. The number of aliphatic imine (C=N–C) groups is 1. The van der Waals surface area contributed by atoms with E-state index >= 15 is 0 Å². The minimum Gasteiger partial charge on any atom is -0.401 e.